The second-order valence-corrected chi connectivity index (χ2v) is 5.72. The molecule has 132 valence electrons. The van der Waals surface area contributed by atoms with Crippen LogP contribution in [0.4, 0.5) is 21.7 Å². The van der Waals surface area contributed by atoms with E-state index in [9.17, 15) is 9.18 Å². The van der Waals surface area contributed by atoms with Gasteiger partial charge in [0.1, 0.15) is 5.82 Å². The molecule has 3 heterocycles. The fourth-order valence-electron chi connectivity index (χ4n) is 2.56. The highest BCUT2D eigenvalue weighted by molar-refractivity contribution is 5.98. The maximum Gasteiger partial charge on any atom is 0.252 e. The van der Waals surface area contributed by atoms with Gasteiger partial charge in [0.2, 0.25) is 0 Å². The summed E-state index contributed by atoms with van der Waals surface area (Å²) in [5.74, 6) is -1.32. The molecule has 25 heavy (non-hydrogen) atoms. The fourth-order valence-corrected chi connectivity index (χ4v) is 2.56. The fraction of sp³-hybridized carbons (Fsp3) is 0.312. The number of nitrogens with one attached hydrogen (secondary N) is 2. The van der Waals surface area contributed by atoms with Crippen molar-refractivity contribution >= 4 is 23.2 Å². The third kappa shape index (κ3) is 4.01. The van der Waals surface area contributed by atoms with E-state index in [0.29, 0.717) is 25.3 Å². The summed E-state index contributed by atoms with van der Waals surface area (Å²) in [5.41, 5.74) is 11.9. The van der Waals surface area contributed by atoms with Crippen LogP contribution in [0.5, 0.6) is 0 Å². The highest BCUT2D eigenvalue weighted by atomic mass is 19.1. The molecule has 0 radical (unpaired) electrons. The van der Waals surface area contributed by atoms with Crippen LogP contribution in [0.1, 0.15) is 16.8 Å². The Balaban J connectivity index is 1.91. The molecule has 9 heteroatoms. The van der Waals surface area contributed by atoms with Crippen LogP contribution in [0.2, 0.25) is 0 Å². The van der Waals surface area contributed by atoms with Gasteiger partial charge in [-0.25, -0.2) is 9.37 Å². The largest absolute Gasteiger partial charge is 0.380 e. The number of anilines is 3. The Hall–Kier alpha value is -2.78. The van der Waals surface area contributed by atoms with Crippen molar-refractivity contribution in [3.05, 3.63) is 42.0 Å². The first-order valence-electron chi connectivity index (χ1n) is 7.82. The van der Waals surface area contributed by atoms with Crippen molar-refractivity contribution in [1.29, 1.82) is 0 Å². The van der Waals surface area contributed by atoms with Gasteiger partial charge in [-0.05, 0) is 24.6 Å². The number of hydrogen-bond donors (Lipinski definition) is 4. The number of nitrogens with zero attached hydrogens (tertiary/aromatic N) is 2. The Labute approximate surface area is 143 Å². The topological polar surface area (TPSA) is 128 Å². The first kappa shape index (κ1) is 17.1. The highest BCUT2D eigenvalue weighted by Gasteiger charge is 2.25. The van der Waals surface area contributed by atoms with Crippen molar-refractivity contribution < 1.29 is 13.9 Å². The molecule has 0 aliphatic carbocycles. The van der Waals surface area contributed by atoms with Crippen LogP contribution in [0.3, 0.4) is 0 Å². The van der Waals surface area contributed by atoms with Crippen LogP contribution in [-0.2, 0) is 4.74 Å². The van der Waals surface area contributed by atoms with Gasteiger partial charge in [-0.2, -0.15) is 0 Å². The van der Waals surface area contributed by atoms with Gasteiger partial charge in [-0.3, -0.25) is 9.78 Å². The number of rotatable bonds is 5. The van der Waals surface area contributed by atoms with E-state index in [1.54, 1.807) is 24.5 Å². The second kappa shape index (κ2) is 7.41. The van der Waals surface area contributed by atoms with Crippen molar-refractivity contribution in [2.45, 2.75) is 18.5 Å². The van der Waals surface area contributed by atoms with Crippen LogP contribution in [0, 0.1) is 5.82 Å². The summed E-state index contributed by atoms with van der Waals surface area (Å²) in [6.45, 7) is 0.923. The van der Waals surface area contributed by atoms with Gasteiger partial charge in [-0.1, -0.05) is 0 Å². The van der Waals surface area contributed by atoms with E-state index in [1.807, 2.05) is 0 Å². The van der Waals surface area contributed by atoms with Crippen molar-refractivity contribution in [1.82, 2.24) is 9.97 Å². The van der Waals surface area contributed by atoms with Crippen molar-refractivity contribution in [3.63, 3.8) is 0 Å². The van der Waals surface area contributed by atoms with E-state index in [1.165, 1.54) is 0 Å². The number of amides is 1. The molecule has 1 saturated heterocycles. The van der Waals surface area contributed by atoms with E-state index in [2.05, 4.69) is 20.6 Å². The SMILES string of the molecule is NC(=O)c1cc(F)c(N[C@@H]2CCOC[C@@H]2N)nc1Nc1cccnc1. The lowest BCUT2D eigenvalue weighted by Crippen LogP contribution is -2.47. The van der Waals surface area contributed by atoms with Crippen LogP contribution in [0.25, 0.3) is 0 Å². The van der Waals surface area contributed by atoms with E-state index in [4.69, 9.17) is 16.2 Å². The van der Waals surface area contributed by atoms with Crippen LogP contribution < -0.4 is 22.1 Å². The molecule has 0 spiro atoms. The molecule has 3 rings (SSSR count). The quantitative estimate of drug-likeness (QED) is 0.635. The Morgan fingerprint density at radius 2 is 2.24 bits per heavy atom. The Bertz CT molecular complexity index is 758. The molecule has 8 nitrogen and oxygen atoms in total. The molecule has 2 aromatic rings. The van der Waals surface area contributed by atoms with E-state index < -0.39 is 11.7 Å². The van der Waals surface area contributed by atoms with Crippen molar-refractivity contribution in [2.75, 3.05) is 23.8 Å². The van der Waals surface area contributed by atoms with Gasteiger partial charge in [-0.15, -0.1) is 0 Å². The number of nitrogens with two attached hydrogens (primary N) is 2. The van der Waals surface area contributed by atoms with E-state index >= 15 is 0 Å². The molecule has 2 atom stereocenters. The third-order valence-corrected chi connectivity index (χ3v) is 3.89. The van der Waals surface area contributed by atoms with E-state index in [-0.39, 0.29) is 29.3 Å². The second-order valence-electron chi connectivity index (χ2n) is 5.72. The van der Waals surface area contributed by atoms with Crippen molar-refractivity contribution in [2.24, 2.45) is 11.5 Å². The normalized spacial score (nSPS) is 20.1. The third-order valence-electron chi connectivity index (χ3n) is 3.89. The molecular weight excluding hydrogens is 327 g/mol. The maximum atomic E-state index is 14.4. The monoisotopic (exact) mass is 346 g/mol. The number of primary amides is 1. The molecule has 0 bridgehead atoms. The van der Waals surface area contributed by atoms with Gasteiger partial charge in [0, 0.05) is 24.9 Å². The molecule has 0 unspecified atom stereocenters. The van der Waals surface area contributed by atoms with Crippen LogP contribution >= 0.6 is 0 Å². The molecule has 1 amide bonds. The lowest BCUT2D eigenvalue weighted by Gasteiger charge is -2.30. The summed E-state index contributed by atoms with van der Waals surface area (Å²) >= 11 is 0. The Morgan fingerprint density at radius 3 is 2.92 bits per heavy atom. The number of pyridine rings is 2. The minimum absolute atomic E-state index is 0.00117. The zero-order valence-corrected chi connectivity index (χ0v) is 13.4. The number of ether oxygens (including phenoxy) is 1. The minimum Gasteiger partial charge on any atom is -0.380 e. The van der Waals surface area contributed by atoms with Crippen LogP contribution in [0.15, 0.2) is 30.6 Å². The number of hydrogen-bond acceptors (Lipinski definition) is 7. The summed E-state index contributed by atoms with van der Waals surface area (Å²) < 4.78 is 19.6. The van der Waals surface area contributed by atoms with Gasteiger partial charge >= 0.3 is 0 Å². The van der Waals surface area contributed by atoms with Gasteiger partial charge in [0.05, 0.1) is 24.1 Å². The average Bonchev–Trinajstić information content (AvgIpc) is 2.60. The predicted octanol–water partition coefficient (Wildman–Crippen LogP) is 0.986. The zero-order valence-electron chi connectivity index (χ0n) is 13.4. The number of aromatic nitrogens is 2. The van der Waals surface area contributed by atoms with Gasteiger partial charge in [0.15, 0.2) is 11.6 Å². The Kier molecular flexibility index (Phi) is 5.05. The minimum atomic E-state index is -0.785. The summed E-state index contributed by atoms with van der Waals surface area (Å²) in [7, 11) is 0. The first-order valence-corrected chi connectivity index (χ1v) is 7.82. The number of carbonyl (C=O) groups excluding carboxylic acids is 1. The summed E-state index contributed by atoms with van der Waals surface area (Å²) in [6.07, 6.45) is 3.79. The molecule has 1 fully saturated rings. The van der Waals surface area contributed by atoms with Gasteiger partial charge < -0.3 is 26.8 Å². The number of carbonyl (C=O) groups is 1. The first-order chi connectivity index (χ1) is 12.0. The molecule has 6 N–H and O–H groups in total. The average molecular weight is 346 g/mol. The lowest BCUT2D eigenvalue weighted by atomic mass is 10.0. The predicted molar refractivity (Wildman–Crippen MR) is 91.1 cm³/mol. The molecule has 0 saturated carbocycles. The summed E-state index contributed by atoms with van der Waals surface area (Å²) in [4.78, 5) is 19.8. The summed E-state index contributed by atoms with van der Waals surface area (Å²) in [5, 5.41) is 5.93. The molecule has 1 aliphatic rings. The Morgan fingerprint density at radius 1 is 1.40 bits per heavy atom. The highest BCUT2D eigenvalue weighted by Crippen LogP contribution is 2.24. The maximum absolute atomic E-state index is 14.4. The molecule has 1 aliphatic heterocycles. The van der Waals surface area contributed by atoms with Crippen molar-refractivity contribution in [3.8, 4) is 0 Å². The standard InChI is InChI=1S/C16H19FN6O2/c17-11-6-10(14(19)24)15(21-9-2-1-4-20-7-9)23-16(11)22-13-3-5-25-8-12(13)18/h1-2,4,6-7,12-13H,3,5,8,18H2,(H2,19,24)(H2,21,22,23)/t12-,13+/m0/s1. The molecular formula is C16H19FN6O2. The summed E-state index contributed by atoms with van der Waals surface area (Å²) in [6, 6.07) is 4.06. The zero-order chi connectivity index (χ0) is 17.8. The number of halogens is 1. The molecule has 2 aromatic heterocycles. The van der Waals surface area contributed by atoms with E-state index in [0.717, 1.165) is 6.07 Å². The smallest absolute Gasteiger partial charge is 0.252 e. The van der Waals surface area contributed by atoms with Crippen LogP contribution in [-0.4, -0.2) is 41.2 Å². The van der Waals surface area contributed by atoms with Gasteiger partial charge in [0.25, 0.3) is 5.91 Å². The molecule has 0 aromatic carbocycles. The lowest BCUT2D eigenvalue weighted by molar-refractivity contribution is 0.0751.